The van der Waals surface area contributed by atoms with Crippen LogP contribution < -0.4 is 15.0 Å². The van der Waals surface area contributed by atoms with Gasteiger partial charge in [0.25, 0.3) is 5.91 Å². The largest absolute Gasteiger partial charge is 0.482 e. The number of hydrogen-bond donors (Lipinski definition) is 1. The Bertz CT molecular complexity index is 898. The van der Waals surface area contributed by atoms with E-state index in [1.54, 1.807) is 0 Å². The van der Waals surface area contributed by atoms with Crippen LogP contribution in [0, 0.1) is 0 Å². The van der Waals surface area contributed by atoms with Gasteiger partial charge in [-0.2, -0.15) is 4.31 Å². The summed E-state index contributed by atoms with van der Waals surface area (Å²) in [4.78, 5) is 26.1. The van der Waals surface area contributed by atoms with Gasteiger partial charge in [-0.1, -0.05) is 0 Å². The van der Waals surface area contributed by atoms with E-state index in [9.17, 15) is 18.0 Å². The summed E-state index contributed by atoms with van der Waals surface area (Å²) in [6.45, 7) is 5.59. The van der Waals surface area contributed by atoms with Gasteiger partial charge in [-0.05, 0) is 38.5 Å². The van der Waals surface area contributed by atoms with Crippen molar-refractivity contribution in [3.05, 3.63) is 18.2 Å². The molecule has 3 rings (SSSR count). The van der Waals surface area contributed by atoms with Crippen molar-refractivity contribution < 1.29 is 32.2 Å². The fourth-order valence-electron chi connectivity index (χ4n) is 3.27. The average Bonchev–Trinajstić information content (AvgIpc) is 2.75. The lowest BCUT2D eigenvalue weighted by atomic mass is 10.2. The van der Waals surface area contributed by atoms with Gasteiger partial charge >= 0.3 is 0 Å². The van der Waals surface area contributed by atoms with Crippen LogP contribution in [-0.2, 0) is 29.1 Å². The lowest BCUT2D eigenvalue weighted by molar-refractivity contribution is -0.125. The first-order chi connectivity index (χ1) is 14.8. The van der Waals surface area contributed by atoms with Crippen LogP contribution in [0.5, 0.6) is 5.75 Å². The monoisotopic (exact) mass is 455 g/mol. The lowest BCUT2D eigenvalue weighted by Crippen LogP contribution is -2.45. The molecule has 11 heteroatoms. The zero-order valence-electron chi connectivity index (χ0n) is 17.8. The van der Waals surface area contributed by atoms with Gasteiger partial charge in [0.15, 0.2) is 6.61 Å². The summed E-state index contributed by atoms with van der Waals surface area (Å²) >= 11 is 0. The molecule has 2 aliphatic heterocycles. The molecule has 1 aromatic rings. The van der Waals surface area contributed by atoms with Gasteiger partial charge in [0.1, 0.15) is 12.3 Å². The maximum atomic E-state index is 13.0. The number of morpholine rings is 1. The quantitative estimate of drug-likeness (QED) is 0.535. The number of fused-ring (bicyclic) bond motifs is 1. The zero-order valence-corrected chi connectivity index (χ0v) is 18.7. The van der Waals surface area contributed by atoms with Crippen molar-refractivity contribution >= 4 is 27.5 Å². The molecule has 0 atom stereocenters. The standard InChI is InChI=1S/C20H29N3O7S/c1-15(2)29-9-3-6-21-19(24)13-23-17-12-16(4-5-18(17)30-14-20(23)25)31(26,27)22-7-10-28-11-8-22/h4-5,12,15H,3,6-11,13-14H2,1-2H3,(H,21,24). The fraction of sp³-hybridized carbons (Fsp3) is 0.600. The van der Waals surface area contributed by atoms with Crippen LogP contribution in [0.2, 0.25) is 0 Å². The topological polar surface area (TPSA) is 114 Å². The predicted molar refractivity (Wildman–Crippen MR) is 113 cm³/mol. The Morgan fingerprint density at radius 1 is 1.26 bits per heavy atom. The second-order valence-corrected chi connectivity index (χ2v) is 9.48. The van der Waals surface area contributed by atoms with Gasteiger partial charge < -0.3 is 19.5 Å². The van der Waals surface area contributed by atoms with Crippen molar-refractivity contribution in [1.29, 1.82) is 0 Å². The Kier molecular flexibility index (Phi) is 7.87. The van der Waals surface area contributed by atoms with Gasteiger partial charge in [-0.3, -0.25) is 14.5 Å². The van der Waals surface area contributed by atoms with Crippen molar-refractivity contribution in [1.82, 2.24) is 9.62 Å². The van der Waals surface area contributed by atoms with Crippen LogP contribution in [0.4, 0.5) is 5.69 Å². The molecular formula is C20H29N3O7S. The molecule has 10 nitrogen and oxygen atoms in total. The molecule has 0 unspecified atom stereocenters. The molecule has 1 fully saturated rings. The van der Waals surface area contributed by atoms with Crippen molar-refractivity contribution in [3.8, 4) is 5.75 Å². The molecule has 0 bridgehead atoms. The van der Waals surface area contributed by atoms with E-state index in [1.807, 2.05) is 13.8 Å². The molecule has 0 radical (unpaired) electrons. The third kappa shape index (κ3) is 5.94. The number of nitrogens with zero attached hydrogens (tertiary/aromatic N) is 2. The van der Waals surface area contributed by atoms with Crippen molar-refractivity contribution in [2.24, 2.45) is 0 Å². The summed E-state index contributed by atoms with van der Waals surface area (Å²) in [5.74, 6) is -0.391. The summed E-state index contributed by atoms with van der Waals surface area (Å²) < 4.78 is 43.4. The van der Waals surface area contributed by atoms with Crippen LogP contribution in [0.15, 0.2) is 23.1 Å². The molecule has 0 aromatic heterocycles. The first-order valence-corrected chi connectivity index (χ1v) is 11.8. The Morgan fingerprint density at radius 3 is 2.71 bits per heavy atom. The van der Waals surface area contributed by atoms with Crippen molar-refractivity contribution in [3.63, 3.8) is 0 Å². The summed E-state index contributed by atoms with van der Waals surface area (Å²) in [6, 6.07) is 4.36. The highest BCUT2D eigenvalue weighted by atomic mass is 32.2. The molecule has 2 amide bonds. The van der Waals surface area contributed by atoms with Gasteiger partial charge in [0.2, 0.25) is 15.9 Å². The summed E-state index contributed by atoms with van der Waals surface area (Å²) in [7, 11) is -3.75. The minimum absolute atomic E-state index is 0.0442. The van der Waals surface area contributed by atoms with E-state index in [1.165, 1.54) is 27.4 Å². The Morgan fingerprint density at radius 2 is 2.00 bits per heavy atom. The van der Waals surface area contributed by atoms with Crippen molar-refractivity contribution in [2.75, 3.05) is 57.5 Å². The van der Waals surface area contributed by atoms with Gasteiger partial charge in [0.05, 0.1) is 29.9 Å². The number of hydrogen-bond acceptors (Lipinski definition) is 7. The second-order valence-electron chi connectivity index (χ2n) is 7.54. The molecule has 0 saturated carbocycles. The van der Waals surface area contributed by atoms with Crippen LogP contribution >= 0.6 is 0 Å². The van der Waals surface area contributed by atoms with E-state index in [0.29, 0.717) is 38.5 Å². The highest BCUT2D eigenvalue weighted by molar-refractivity contribution is 7.89. The third-order valence-electron chi connectivity index (χ3n) is 4.88. The van der Waals surface area contributed by atoms with Gasteiger partial charge in [0, 0.05) is 26.2 Å². The summed E-state index contributed by atoms with van der Waals surface area (Å²) in [5, 5.41) is 2.76. The van der Waals surface area contributed by atoms with E-state index >= 15 is 0 Å². The Balaban J connectivity index is 1.70. The lowest BCUT2D eigenvalue weighted by Gasteiger charge is -2.30. The number of carbonyl (C=O) groups excluding carboxylic acids is 2. The van der Waals surface area contributed by atoms with E-state index in [-0.39, 0.29) is 48.8 Å². The number of amides is 2. The molecule has 1 aromatic carbocycles. The minimum atomic E-state index is -3.75. The number of anilines is 1. The highest BCUT2D eigenvalue weighted by Crippen LogP contribution is 2.35. The first-order valence-electron chi connectivity index (χ1n) is 10.3. The number of carbonyl (C=O) groups is 2. The normalized spacial score (nSPS) is 17.4. The zero-order chi connectivity index (χ0) is 22.4. The van der Waals surface area contributed by atoms with Crippen LogP contribution in [0.1, 0.15) is 20.3 Å². The number of rotatable bonds is 9. The fourth-order valence-corrected chi connectivity index (χ4v) is 4.70. The van der Waals surface area contributed by atoms with Gasteiger partial charge in [-0.15, -0.1) is 0 Å². The summed E-state index contributed by atoms with van der Waals surface area (Å²) in [6.07, 6.45) is 0.778. The molecular weight excluding hydrogens is 426 g/mol. The van der Waals surface area contributed by atoms with E-state index < -0.39 is 15.9 Å². The van der Waals surface area contributed by atoms with Gasteiger partial charge in [-0.25, -0.2) is 8.42 Å². The van der Waals surface area contributed by atoms with E-state index in [0.717, 1.165) is 0 Å². The SMILES string of the molecule is CC(C)OCCCNC(=O)CN1C(=O)COc2ccc(S(=O)(=O)N3CCOCC3)cc21. The molecule has 0 aliphatic carbocycles. The number of benzene rings is 1. The molecule has 1 saturated heterocycles. The van der Waals surface area contributed by atoms with Crippen LogP contribution in [0.3, 0.4) is 0 Å². The molecule has 1 N–H and O–H groups in total. The maximum Gasteiger partial charge on any atom is 0.265 e. The van der Waals surface area contributed by atoms with Crippen molar-refractivity contribution in [2.45, 2.75) is 31.3 Å². The molecule has 2 heterocycles. The number of ether oxygens (including phenoxy) is 3. The third-order valence-corrected chi connectivity index (χ3v) is 6.77. The smallest absolute Gasteiger partial charge is 0.265 e. The second kappa shape index (κ2) is 10.4. The van der Waals surface area contributed by atoms with Crippen LogP contribution in [0.25, 0.3) is 0 Å². The minimum Gasteiger partial charge on any atom is -0.482 e. The molecule has 0 spiro atoms. The molecule has 172 valence electrons. The maximum absolute atomic E-state index is 13.0. The molecule has 2 aliphatic rings. The Labute approximate surface area is 182 Å². The molecule has 31 heavy (non-hydrogen) atoms. The highest BCUT2D eigenvalue weighted by Gasteiger charge is 2.31. The predicted octanol–water partition coefficient (Wildman–Crippen LogP) is 0.364. The number of sulfonamides is 1. The van der Waals surface area contributed by atoms with E-state index in [2.05, 4.69) is 5.32 Å². The Hall–Kier alpha value is -2.21. The average molecular weight is 456 g/mol. The number of nitrogens with one attached hydrogen (secondary N) is 1. The van der Waals surface area contributed by atoms with E-state index in [4.69, 9.17) is 14.2 Å². The summed E-state index contributed by atoms with van der Waals surface area (Å²) in [5.41, 5.74) is 0.267. The van der Waals surface area contributed by atoms with Crippen LogP contribution in [-0.4, -0.2) is 83.2 Å². The first kappa shape index (κ1) is 23.5.